The van der Waals surface area contributed by atoms with Crippen molar-refractivity contribution in [1.29, 1.82) is 0 Å². The Morgan fingerprint density at radius 1 is 1.12 bits per heavy atom. The van der Waals surface area contributed by atoms with Crippen molar-refractivity contribution in [3.63, 3.8) is 0 Å². The molecule has 1 heterocycles. The summed E-state index contributed by atoms with van der Waals surface area (Å²) in [6.07, 6.45) is 8.32. The number of rotatable bonds is 6. The zero-order chi connectivity index (χ0) is 22.7. The van der Waals surface area contributed by atoms with Crippen LogP contribution in [0.25, 0.3) is 0 Å². The first-order chi connectivity index (χ1) is 15.4. The van der Waals surface area contributed by atoms with Crippen molar-refractivity contribution >= 4 is 17.8 Å². The number of hydrogen-bond donors (Lipinski definition) is 2. The van der Waals surface area contributed by atoms with E-state index in [0.29, 0.717) is 12.6 Å². The predicted molar refractivity (Wildman–Crippen MR) is 129 cm³/mol. The molecule has 4 rings (SSSR count). The van der Waals surface area contributed by atoms with Crippen LogP contribution in [-0.2, 0) is 19.4 Å². The van der Waals surface area contributed by atoms with Gasteiger partial charge in [-0.3, -0.25) is 0 Å². The smallest absolute Gasteiger partial charge is 0.315 e. The molecule has 7 heteroatoms. The van der Waals surface area contributed by atoms with E-state index in [4.69, 9.17) is 15.7 Å². The molecule has 0 unspecified atom stereocenters. The lowest BCUT2D eigenvalue weighted by molar-refractivity contribution is 0.156. The third-order valence-electron chi connectivity index (χ3n) is 6.77. The first-order valence-electron chi connectivity index (χ1n) is 11.9. The second-order valence-electron chi connectivity index (χ2n) is 9.50. The first-order valence-corrected chi connectivity index (χ1v) is 11.9. The van der Waals surface area contributed by atoms with Gasteiger partial charge in [0, 0.05) is 38.3 Å². The summed E-state index contributed by atoms with van der Waals surface area (Å²) in [7, 11) is 4.11. The highest BCUT2D eigenvalue weighted by atomic mass is 16.2. The van der Waals surface area contributed by atoms with Crippen LogP contribution >= 0.6 is 0 Å². The van der Waals surface area contributed by atoms with E-state index in [1.54, 1.807) is 0 Å². The van der Waals surface area contributed by atoms with Crippen molar-refractivity contribution in [2.24, 2.45) is 5.73 Å². The van der Waals surface area contributed by atoms with Crippen LogP contribution in [0.3, 0.4) is 0 Å². The number of aromatic nitrogens is 2. The summed E-state index contributed by atoms with van der Waals surface area (Å²) in [4.78, 5) is 25.9. The number of carbonyl (C=O) groups is 1. The van der Waals surface area contributed by atoms with E-state index in [9.17, 15) is 4.79 Å². The maximum absolute atomic E-state index is 12.2. The second kappa shape index (κ2) is 9.76. The number of anilines is 2. The summed E-state index contributed by atoms with van der Waals surface area (Å²) in [5, 5.41) is 3.59. The highest BCUT2D eigenvalue weighted by Crippen LogP contribution is 2.30. The lowest BCUT2D eigenvalue weighted by Gasteiger charge is -2.36. The predicted octanol–water partition coefficient (Wildman–Crippen LogP) is 4.03. The molecule has 32 heavy (non-hydrogen) atoms. The van der Waals surface area contributed by atoms with Crippen LogP contribution in [-0.4, -0.2) is 47.1 Å². The molecule has 1 saturated carbocycles. The van der Waals surface area contributed by atoms with E-state index in [-0.39, 0.29) is 12.1 Å². The number of aryl methyl sites for hydroxylation is 2. The largest absolute Gasteiger partial charge is 0.362 e. The highest BCUT2D eigenvalue weighted by molar-refractivity contribution is 5.72. The number of primary amides is 1. The molecule has 0 radical (unpaired) electrons. The number of amides is 2. The van der Waals surface area contributed by atoms with Crippen molar-refractivity contribution in [2.45, 2.75) is 76.9 Å². The summed E-state index contributed by atoms with van der Waals surface area (Å²) in [6, 6.07) is 8.44. The molecule has 2 aromatic rings. The Hall–Kier alpha value is -2.83. The minimum atomic E-state index is -0.337. The van der Waals surface area contributed by atoms with Crippen LogP contribution < -0.4 is 16.0 Å². The molecule has 1 aromatic heterocycles. The van der Waals surface area contributed by atoms with E-state index < -0.39 is 0 Å². The normalized spacial score (nSPS) is 20.3. The molecule has 2 aliphatic carbocycles. The number of nitrogens with two attached hydrogens (primary N) is 1. The molecular formula is C25H36N6O. The van der Waals surface area contributed by atoms with E-state index >= 15 is 0 Å². The lowest BCUT2D eigenvalue weighted by Crippen LogP contribution is -2.46. The first kappa shape index (κ1) is 22.4. The molecule has 1 fully saturated rings. The fourth-order valence-electron chi connectivity index (χ4n) is 5.12. The zero-order valence-corrected chi connectivity index (χ0v) is 19.6. The zero-order valence-electron chi connectivity index (χ0n) is 19.6. The maximum Gasteiger partial charge on any atom is 0.315 e. The van der Waals surface area contributed by atoms with Crippen LogP contribution in [0.5, 0.6) is 0 Å². The lowest BCUT2D eigenvalue weighted by atomic mass is 9.90. The van der Waals surface area contributed by atoms with Crippen molar-refractivity contribution in [3.05, 3.63) is 46.6 Å². The fourth-order valence-corrected chi connectivity index (χ4v) is 5.12. The molecule has 172 valence electrons. The van der Waals surface area contributed by atoms with Gasteiger partial charge in [0.1, 0.15) is 5.82 Å². The third-order valence-corrected chi connectivity index (χ3v) is 6.77. The average Bonchev–Trinajstić information content (AvgIpc) is 2.77. The van der Waals surface area contributed by atoms with Crippen LogP contribution in [0.1, 0.15) is 60.9 Å². The van der Waals surface area contributed by atoms with Crippen LogP contribution in [0.4, 0.5) is 16.6 Å². The molecule has 0 atom stereocenters. The number of benzene rings is 1. The highest BCUT2D eigenvalue weighted by Gasteiger charge is 2.29. The Labute approximate surface area is 191 Å². The van der Waals surface area contributed by atoms with Gasteiger partial charge in [0.25, 0.3) is 0 Å². The number of urea groups is 1. The Morgan fingerprint density at radius 2 is 1.88 bits per heavy atom. The molecule has 0 saturated heterocycles. The summed E-state index contributed by atoms with van der Waals surface area (Å²) in [6.45, 7) is 2.64. The Bertz CT molecular complexity index is 951. The van der Waals surface area contributed by atoms with Gasteiger partial charge in [-0.2, -0.15) is 4.98 Å². The summed E-state index contributed by atoms with van der Waals surface area (Å²) < 4.78 is 0. The summed E-state index contributed by atoms with van der Waals surface area (Å²) >= 11 is 0. The van der Waals surface area contributed by atoms with Gasteiger partial charge >= 0.3 is 6.03 Å². The van der Waals surface area contributed by atoms with Crippen molar-refractivity contribution in [2.75, 3.05) is 24.3 Å². The van der Waals surface area contributed by atoms with E-state index in [1.807, 2.05) is 11.0 Å². The molecule has 3 N–H and O–H groups in total. The van der Waals surface area contributed by atoms with Gasteiger partial charge < -0.3 is 20.9 Å². The third kappa shape index (κ3) is 5.14. The molecule has 0 bridgehead atoms. The number of carbonyl (C=O) groups excluding carboxylic acids is 1. The minimum absolute atomic E-state index is 0.174. The Kier molecular flexibility index (Phi) is 6.82. The monoisotopic (exact) mass is 436 g/mol. The molecule has 0 aliphatic heterocycles. The fraction of sp³-hybridized carbons (Fsp3) is 0.560. The van der Waals surface area contributed by atoms with Gasteiger partial charge in [-0.1, -0.05) is 29.8 Å². The average molecular weight is 437 g/mol. The molecular weight excluding hydrogens is 400 g/mol. The van der Waals surface area contributed by atoms with Crippen molar-refractivity contribution in [1.82, 2.24) is 14.9 Å². The maximum atomic E-state index is 12.2. The quantitative estimate of drug-likeness (QED) is 0.714. The summed E-state index contributed by atoms with van der Waals surface area (Å²) in [5.41, 5.74) is 10.6. The molecule has 2 amide bonds. The molecule has 2 aliphatic rings. The van der Waals surface area contributed by atoms with E-state index in [1.165, 1.54) is 29.7 Å². The topological polar surface area (TPSA) is 87.4 Å². The van der Waals surface area contributed by atoms with Gasteiger partial charge in [-0.15, -0.1) is 0 Å². The van der Waals surface area contributed by atoms with Crippen molar-refractivity contribution in [3.8, 4) is 0 Å². The number of nitrogens with one attached hydrogen (secondary N) is 1. The molecule has 1 aromatic carbocycles. The van der Waals surface area contributed by atoms with E-state index in [2.05, 4.69) is 49.4 Å². The molecule has 0 spiro atoms. The molecule has 7 nitrogen and oxygen atoms in total. The number of hydrogen-bond acceptors (Lipinski definition) is 5. The number of fused-ring (bicyclic) bond motifs is 1. The van der Waals surface area contributed by atoms with Gasteiger partial charge in [-0.05, 0) is 63.9 Å². The number of nitrogens with zero attached hydrogens (tertiary/aromatic N) is 4. The summed E-state index contributed by atoms with van der Waals surface area (Å²) in [5.74, 6) is 1.79. The van der Waals surface area contributed by atoms with Crippen LogP contribution in [0.2, 0.25) is 0 Å². The minimum Gasteiger partial charge on any atom is -0.362 e. The van der Waals surface area contributed by atoms with Gasteiger partial charge in [0.05, 0.1) is 5.69 Å². The second-order valence-corrected chi connectivity index (χ2v) is 9.50. The SMILES string of the molecule is Cc1cccc(CN(C(N)=O)[C@H]2CC[C@@H](Nc3nc4c(c(N(C)C)n3)CCCC4)CC2)c1. The Balaban J connectivity index is 1.40. The van der Waals surface area contributed by atoms with Gasteiger partial charge in [-0.25, -0.2) is 9.78 Å². The van der Waals surface area contributed by atoms with Crippen LogP contribution in [0, 0.1) is 6.92 Å². The van der Waals surface area contributed by atoms with Crippen molar-refractivity contribution < 1.29 is 4.79 Å². The van der Waals surface area contributed by atoms with Gasteiger partial charge in [0.15, 0.2) is 0 Å². The Morgan fingerprint density at radius 3 is 2.56 bits per heavy atom. The van der Waals surface area contributed by atoms with E-state index in [0.717, 1.165) is 55.9 Å². The standard InChI is InChI=1S/C25H36N6O/c1-17-7-6-8-18(15-17)16-31(24(26)32)20-13-11-19(12-14-20)27-25-28-22-10-5-4-9-21(22)23(29-25)30(2)3/h6-8,15,19-20H,4-5,9-14,16H2,1-3H3,(H2,26,32)(H,27,28,29)/t19-,20+. The van der Waals surface area contributed by atoms with Crippen LogP contribution in [0.15, 0.2) is 24.3 Å². The van der Waals surface area contributed by atoms with Gasteiger partial charge in [0.2, 0.25) is 5.95 Å².